The molecule has 1 fully saturated rings. The minimum Gasteiger partial charge on any atom is -0.397 e. The van der Waals surface area contributed by atoms with Crippen molar-refractivity contribution in [3.63, 3.8) is 0 Å². The molecule has 5 heteroatoms. The summed E-state index contributed by atoms with van der Waals surface area (Å²) in [5.41, 5.74) is 6.14. The largest absolute Gasteiger partial charge is 0.397 e. The third-order valence-electron chi connectivity index (χ3n) is 3.37. The number of carbonyl (C=O) groups is 1. The third-order valence-corrected chi connectivity index (χ3v) is 3.37. The van der Waals surface area contributed by atoms with Gasteiger partial charge in [-0.2, -0.15) is 0 Å². The van der Waals surface area contributed by atoms with E-state index in [-0.39, 0.29) is 5.91 Å². The molecule has 1 saturated heterocycles. The molecule has 98 valence electrons. The molecule has 0 atom stereocenters. The molecular weight excluding hydrogens is 228 g/mol. The Kier molecular flexibility index (Phi) is 4.15. The molecule has 0 unspecified atom stereocenters. The normalized spacial score (nSPS) is 17.6. The van der Waals surface area contributed by atoms with Crippen molar-refractivity contribution in [1.29, 1.82) is 0 Å². The van der Waals surface area contributed by atoms with E-state index in [0.29, 0.717) is 23.8 Å². The van der Waals surface area contributed by atoms with Crippen LogP contribution in [-0.2, 0) is 4.79 Å². The maximum atomic E-state index is 11.9. The van der Waals surface area contributed by atoms with Crippen LogP contribution in [0.2, 0.25) is 0 Å². The minimum absolute atomic E-state index is 0.0434. The Morgan fingerprint density at radius 1 is 1.50 bits per heavy atom. The summed E-state index contributed by atoms with van der Waals surface area (Å²) in [7, 11) is 2.12. The van der Waals surface area contributed by atoms with Gasteiger partial charge in [0.1, 0.15) is 5.82 Å². The number of carbonyl (C=O) groups excluding carboxylic acids is 1. The summed E-state index contributed by atoms with van der Waals surface area (Å²) in [5.74, 6) is 1.11. The van der Waals surface area contributed by atoms with E-state index >= 15 is 0 Å². The van der Waals surface area contributed by atoms with Gasteiger partial charge in [-0.3, -0.25) is 4.79 Å². The highest BCUT2D eigenvalue weighted by molar-refractivity contribution is 5.89. The molecule has 0 aromatic carbocycles. The first kappa shape index (κ1) is 12.8. The number of nitrogens with two attached hydrogens (primary N) is 1. The van der Waals surface area contributed by atoms with Crippen molar-refractivity contribution in [3.05, 3.63) is 18.3 Å². The van der Waals surface area contributed by atoms with Gasteiger partial charge in [-0.25, -0.2) is 4.98 Å². The van der Waals surface area contributed by atoms with E-state index in [9.17, 15) is 4.79 Å². The topological polar surface area (TPSA) is 71.2 Å². The van der Waals surface area contributed by atoms with Crippen molar-refractivity contribution in [1.82, 2.24) is 9.88 Å². The molecule has 0 radical (unpaired) electrons. The summed E-state index contributed by atoms with van der Waals surface area (Å²) in [6.07, 6.45) is 4.32. The Morgan fingerprint density at radius 2 is 2.22 bits per heavy atom. The number of hydrogen-bond acceptors (Lipinski definition) is 4. The third kappa shape index (κ3) is 3.70. The van der Waals surface area contributed by atoms with E-state index in [4.69, 9.17) is 5.73 Å². The van der Waals surface area contributed by atoms with Crippen molar-refractivity contribution in [2.45, 2.75) is 19.3 Å². The zero-order valence-electron chi connectivity index (χ0n) is 10.7. The van der Waals surface area contributed by atoms with Crippen LogP contribution in [0, 0.1) is 5.92 Å². The van der Waals surface area contributed by atoms with Crippen LogP contribution in [0.25, 0.3) is 0 Å². The average Bonchev–Trinajstić information content (AvgIpc) is 2.35. The number of piperidine rings is 1. The number of aromatic nitrogens is 1. The van der Waals surface area contributed by atoms with E-state index in [2.05, 4.69) is 22.2 Å². The van der Waals surface area contributed by atoms with Gasteiger partial charge in [0.2, 0.25) is 5.91 Å². The van der Waals surface area contributed by atoms with Gasteiger partial charge in [-0.05, 0) is 51.0 Å². The van der Waals surface area contributed by atoms with Gasteiger partial charge < -0.3 is 16.0 Å². The van der Waals surface area contributed by atoms with Gasteiger partial charge >= 0.3 is 0 Å². The SMILES string of the molecule is CN1CCC(CC(=O)Nc2ccc(N)cn2)CC1. The summed E-state index contributed by atoms with van der Waals surface area (Å²) in [5, 5.41) is 2.81. The van der Waals surface area contributed by atoms with Crippen molar-refractivity contribution < 1.29 is 4.79 Å². The zero-order valence-corrected chi connectivity index (χ0v) is 10.7. The van der Waals surface area contributed by atoms with Crippen LogP contribution in [-0.4, -0.2) is 35.9 Å². The molecule has 3 N–H and O–H groups in total. The predicted octanol–water partition coefficient (Wildman–Crippen LogP) is 1.33. The van der Waals surface area contributed by atoms with Crippen molar-refractivity contribution in [2.75, 3.05) is 31.2 Å². The molecule has 1 aliphatic heterocycles. The van der Waals surface area contributed by atoms with Crippen LogP contribution in [0.4, 0.5) is 11.5 Å². The second-order valence-corrected chi connectivity index (χ2v) is 4.98. The summed E-state index contributed by atoms with van der Waals surface area (Å²) < 4.78 is 0. The van der Waals surface area contributed by atoms with Crippen molar-refractivity contribution >= 4 is 17.4 Å². The summed E-state index contributed by atoms with van der Waals surface area (Å²) >= 11 is 0. The molecule has 1 aliphatic rings. The van der Waals surface area contributed by atoms with Gasteiger partial charge in [-0.15, -0.1) is 0 Å². The maximum absolute atomic E-state index is 11.9. The van der Waals surface area contributed by atoms with Gasteiger partial charge in [-0.1, -0.05) is 0 Å². The van der Waals surface area contributed by atoms with Crippen LogP contribution in [0.1, 0.15) is 19.3 Å². The van der Waals surface area contributed by atoms with E-state index in [1.807, 2.05) is 0 Å². The number of likely N-dealkylation sites (tertiary alicyclic amines) is 1. The van der Waals surface area contributed by atoms with E-state index in [1.165, 1.54) is 0 Å². The molecule has 5 nitrogen and oxygen atoms in total. The Morgan fingerprint density at radius 3 is 2.83 bits per heavy atom. The standard InChI is InChI=1S/C13H20N4O/c1-17-6-4-10(5-7-17)8-13(18)16-12-3-2-11(14)9-15-12/h2-3,9-10H,4-8,14H2,1H3,(H,15,16,18). The summed E-state index contributed by atoms with van der Waals surface area (Å²) in [6.45, 7) is 2.16. The first-order chi connectivity index (χ1) is 8.63. The number of amides is 1. The molecule has 0 saturated carbocycles. The molecule has 1 aromatic heterocycles. The fourth-order valence-electron chi connectivity index (χ4n) is 2.20. The van der Waals surface area contributed by atoms with E-state index < -0.39 is 0 Å². The predicted molar refractivity (Wildman–Crippen MR) is 72.1 cm³/mol. The first-order valence-corrected chi connectivity index (χ1v) is 6.33. The van der Waals surface area contributed by atoms with Crippen molar-refractivity contribution in [2.24, 2.45) is 5.92 Å². The highest BCUT2D eigenvalue weighted by atomic mass is 16.1. The van der Waals surface area contributed by atoms with Crippen LogP contribution >= 0.6 is 0 Å². The molecule has 1 amide bonds. The lowest BCUT2D eigenvalue weighted by Crippen LogP contribution is -2.32. The number of pyridine rings is 1. The number of hydrogen-bond donors (Lipinski definition) is 2. The van der Waals surface area contributed by atoms with Gasteiger partial charge in [0.25, 0.3) is 0 Å². The Hall–Kier alpha value is -1.62. The highest BCUT2D eigenvalue weighted by Crippen LogP contribution is 2.20. The highest BCUT2D eigenvalue weighted by Gasteiger charge is 2.19. The minimum atomic E-state index is 0.0434. The number of rotatable bonds is 3. The summed E-state index contributed by atoms with van der Waals surface area (Å²) in [6, 6.07) is 3.46. The lowest BCUT2D eigenvalue weighted by molar-refractivity contribution is -0.117. The molecule has 2 heterocycles. The van der Waals surface area contributed by atoms with Crippen LogP contribution in [0.3, 0.4) is 0 Å². The Balaban J connectivity index is 1.80. The second-order valence-electron chi connectivity index (χ2n) is 4.98. The molecule has 0 spiro atoms. The first-order valence-electron chi connectivity index (χ1n) is 6.33. The van der Waals surface area contributed by atoms with Gasteiger partial charge in [0.05, 0.1) is 11.9 Å². The number of anilines is 2. The average molecular weight is 248 g/mol. The molecule has 2 rings (SSSR count). The lowest BCUT2D eigenvalue weighted by Gasteiger charge is -2.28. The molecule has 0 aliphatic carbocycles. The van der Waals surface area contributed by atoms with E-state index in [1.54, 1.807) is 18.3 Å². The number of nitrogens with zero attached hydrogens (tertiary/aromatic N) is 2. The lowest BCUT2D eigenvalue weighted by atomic mass is 9.93. The van der Waals surface area contributed by atoms with E-state index in [0.717, 1.165) is 25.9 Å². The number of nitrogens with one attached hydrogen (secondary N) is 1. The van der Waals surface area contributed by atoms with Gasteiger partial charge in [0.15, 0.2) is 0 Å². The Labute approximate surface area is 107 Å². The van der Waals surface area contributed by atoms with Crippen LogP contribution < -0.4 is 11.1 Å². The second kappa shape index (κ2) is 5.82. The quantitative estimate of drug-likeness (QED) is 0.846. The molecule has 1 aromatic rings. The fourth-order valence-corrected chi connectivity index (χ4v) is 2.20. The van der Waals surface area contributed by atoms with Crippen molar-refractivity contribution in [3.8, 4) is 0 Å². The van der Waals surface area contributed by atoms with Crippen LogP contribution in [0.5, 0.6) is 0 Å². The Bertz CT molecular complexity index is 396. The number of nitrogen functional groups attached to an aromatic ring is 1. The van der Waals surface area contributed by atoms with Crippen LogP contribution in [0.15, 0.2) is 18.3 Å². The smallest absolute Gasteiger partial charge is 0.225 e. The monoisotopic (exact) mass is 248 g/mol. The zero-order chi connectivity index (χ0) is 13.0. The molecule has 18 heavy (non-hydrogen) atoms. The van der Waals surface area contributed by atoms with Gasteiger partial charge in [0, 0.05) is 6.42 Å². The molecular formula is C13H20N4O. The fraction of sp³-hybridized carbons (Fsp3) is 0.538. The maximum Gasteiger partial charge on any atom is 0.225 e. The molecule has 0 bridgehead atoms. The summed E-state index contributed by atoms with van der Waals surface area (Å²) in [4.78, 5) is 18.2.